The molecule has 18 heteroatoms. The Morgan fingerprint density at radius 2 is 1.86 bits per heavy atom. The minimum absolute atomic E-state index is 0.0785. The Kier molecular flexibility index (Phi) is 7.59. The molecule has 228 valence electrons. The van der Waals surface area contributed by atoms with Crippen molar-refractivity contribution < 1.29 is 49.3 Å². The molecule has 1 unspecified atom stereocenters. The van der Waals surface area contributed by atoms with E-state index < -0.39 is 91.1 Å². The van der Waals surface area contributed by atoms with E-state index in [9.17, 15) is 44.7 Å². The highest BCUT2D eigenvalue weighted by molar-refractivity contribution is 5.93. The summed E-state index contributed by atoms with van der Waals surface area (Å²) in [6.45, 7) is -0.509. The number of carbonyl (C=O) groups excluding carboxylic acids is 2. The van der Waals surface area contributed by atoms with Gasteiger partial charge < -0.3 is 10.6 Å². The normalized spacial score (nSPS) is 22.6. The van der Waals surface area contributed by atoms with Crippen LogP contribution in [0.3, 0.4) is 0 Å². The molecule has 3 atom stereocenters. The number of imidazole rings is 1. The van der Waals surface area contributed by atoms with Gasteiger partial charge in [-0.25, -0.2) is 22.9 Å². The third-order valence-electron chi connectivity index (χ3n) is 7.59. The quantitative estimate of drug-likeness (QED) is 0.400. The minimum Gasteiger partial charge on any atom is -0.355 e. The van der Waals surface area contributed by atoms with Crippen molar-refractivity contribution in [3.8, 4) is 0 Å². The molecule has 4 heterocycles. The number of hydrogen-bond acceptors (Lipinski definition) is 7. The topological polar surface area (TPSA) is 127 Å². The van der Waals surface area contributed by atoms with Gasteiger partial charge in [-0.15, -0.1) is 0 Å². The van der Waals surface area contributed by atoms with Crippen molar-refractivity contribution in [2.45, 2.75) is 62.8 Å². The number of hydrogen-bond donors (Lipinski definition) is 2. The predicted molar refractivity (Wildman–Crippen MR) is 124 cm³/mol. The van der Waals surface area contributed by atoms with E-state index in [0.29, 0.717) is 0 Å². The summed E-state index contributed by atoms with van der Waals surface area (Å²) in [6.07, 6.45) is -9.90. The molecule has 1 aliphatic carbocycles. The number of piperidine rings is 1. The maximum absolute atomic E-state index is 13.9. The van der Waals surface area contributed by atoms with Crippen molar-refractivity contribution in [1.29, 1.82) is 0 Å². The number of fused-ring (bicyclic) bond motifs is 1. The third kappa shape index (κ3) is 6.30. The molecule has 2 aliphatic rings. The van der Waals surface area contributed by atoms with Gasteiger partial charge in [-0.3, -0.25) is 9.59 Å². The van der Waals surface area contributed by atoms with Crippen LogP contribution in [0.25, 0.3) is 5.65 Å². The van der Waals surface area contributed by atoms with Crippen molar-refractivity contribution in [2.24, 2.45) is 17.8 Å². The lowest BCUT2D eigenvalue weighted by Gasteiger charge is -2.33. The molecule has 10 nitrogen and oxygen atoms in total. The first kappa shape index (κ1) is 29.6. The fourth-order valence-electron chi connectivity index (χ4n) is 5.34. The second-order valence-corrected chi connectivity index (χ2v) is 10.5. The number of nitrogens with zero attached hydrogens (tertiary/aromatic N) is 5. The van der Waals surface area contributed by atoms with Gasteiger partial charge in [-0.1, -0.05) is 0 Å². The number of carbonyl (C=O) groups is 2. The molecule has 42 heavy (non-hydrogen) atoms. The number of rotatable bonds is 6. The highest BCUT2D eigenvalue weighted by atomic mass is 19.4. The molecule has 1 aliphatic heterocycles. The average Bonchev–Trinajstić information content (AvgIpc) is 3.55. The Bertz CT molecular complexity index is 1460. The Balaban J connectivity index is 1.41. The average molecular weight is 609 g/mol. The predicted octanol–water partition coefficient (Wildman–Crippen LogP) is 4.28. The van der Waals surface area contributed by atoms with E-state index in [-0.39, 0.29) is 36.3 Å². The fourth-order valence-corrected chi connectivity index (χ4v) is 5.34. The Morgan fingerprint density at radius 1 is 1.14 bits per heavy atom. The summed E-state index contributed by atoms with van der Waals surface area (Å²) in [5.74, 6) is -8.11. The Hall–Kier alpha value is -3.86. The van der Waals surface area contributed by atoms with Crippen molar-refractivity contribution in [1.82, 2.24) is 35.5 Å². The van der Waals surface area contributed by atoms with E-state index in [4.69, 9.17) is 0 Å². The molecule has 3 aromatic rings. The lowest BCUT2D eigenvalue weighted by molar-refractivity contribution is -0.183. The minimum atomic E-state index is -5.05. The van der Waals surface area contributed by atoms with Gasteiger partial charge >= 0.3 is 12.4 Å². The van der Waals surface area contributed by atoms with Crippen LogP contribution in [0.15, 0.2) is 23.0 Å². The highest BCUT2D eigenvalue weighted by Crippen LogP contribution is 2.42. The standard InChI is InChI=1S/C24H23F8N7O3/c25-22(26)5-3-11(4-6-22)17(35-21(41)18-19(24(30,31)32)38-42-37-18)15-10-39-16(34-15)2-1-14(36-39)8-12-7-13(23(27,28)29)9-33-20(12)40/h1-2,10-13,17H,3-9H2,(H,33,40)(H,35,41)/t12?,13-,17+/m1/s1. The molecular formula is C24H23F8N7O3. The summed E-state index contributed by atoms with van der Waals surface area (Å²) in [6, 6.07) is 1.79. The summed E-state index contributed by atoms with van der Waals surface area (Å²) >= 11 is 0. The maximum atomic E-state index is 13.9. The van der Waals surface area contributed by atoms with Gasteiger partial charge in [0.15, 0.2) is 5.65 Å². The van der Waals surface area contributed by atoms with Gasteiger partial charge in [0.1, 0.15) is 0 Å². The van der Waals surface area contributed by atoms with E-state index in [1.807, 2.05) is 0 Å². The number of amides is 2. The molecule has 5 rings (SSSR count). The second-order valence-electron chi connectivity index (χ2n) is 10.5. The number of aromatic nitrogens is 5. The largest absolute Gasteiger partial charge is 0.439 e. The number of alkyl halides is 8. The van der Waals surface area contributed by atoms with Crippen LogP contribution in [-0.2, 0) is 17.4 Å². The van der Waals surface area contributed by atoms with Crippen LogP contribution in [0, 0.1) is 17.8 Å². The Labute approximate surface area is 231 Å². The molecule has 0 aromatic carbocycles. The fraction of sp³-hybridized carbons (Fsp3) is 0.583. The van der Waals surface area contributed by atoms with Crippen LogP contribution >= 0.6 is 0 Å². The van der Waals surface area contributed by atoms with Gasteiger partial charge in [-0.05, 0) is 47.6 Å². The van der Waals surface area contributed by atoms with Crippen molar-refractivity contribution in [3.05, 3.63) is 41.1 Å². The zero-order valence-electron chi connectivity index (χ0n) is 21.5. The summed E-state index contributed by atoms with van der Waals surface area (Å²) in [5.41, 5.74) is -2.23. The van der Waals surface area contributed by atoms with Crippen molar-refractivity contribution in [3.63, 3.8) is 0 Å². The van der Waals surface area contributed by atoms with E-state index in [1.165, 1.54) is 22.8 Å². The van der Waals surface area contributed by atoms with E-state index >= 15 is 0 Å². The van der Waals surface area contributed by atoms with Crippen LogP contribution in [-0.4, -0.2) is 55.4 Å². The third-order valence-corrected chi connectivity index (χ3v) is 7.59. The number of halogens is 8. The van der Waals surface area contributed by atoms with Crippen LogP contribution < -0.4 is 10.6 Å². The maximum Gasteiger partial charge on any atom is 0.439 e. The monoisotopic (exact) mass is 609 g/mol. The van der Waals surface area contributed by atoms with Crippen LogP contribution in [0.5, 0.6) is 0 Å². The summed E-state index contributed by atoms with van der Waals surface area (Å²) in [5, 5.41) is 14.8. The highest BCUT2D eigenvalue weighted by Gasteiger charge is 2.45. The molecule has 2 amide bonds. The van der Waals surface area contributed by atoms with Gasteiger partial charge in [-0.2, -0.15) is 31.4 Å². The molecule has 2 fully saturated rings. The second kappa shape index (κ2) is 10.8. The molecule has 2 N–H and O–H groups in total. The van der Waals surface area contributed by atoms with Crippen LogP contribution in [0.4, 0.5) is 35.1 Å². The number of nitrogens with one attached hydrogen (secondary N) is 2. The molecule has 0 bridgehead atoms. The Morgan fingerprint density at radius 3 is 2.52 bits per heavy atom. The molecule has 3 aromatic heterocycles. The van der Waals surface area contributed by atoms with Gasteiger partial charge in [0.25, 0.3) is 5.91 Å². The van der Waals surface area contributed by atoms with E-state index in [0.717, 1.165) is 0 Å². The first-order valence-corrected chi connectivity index (χ1v) is 12.9. The molecule has 0 radical (unpaired) electrons. The lowest BCUT2D eigenvalue weighted by Crippen LogP contribution is -2.47. The smallest absolute Gasteiger partial charge is 0.355 e. The van der Waals surface area contributed by atoms with Crippen LogP contribution in [0.1, 0.15) is 65.7 Å². The SMILES string of the molecule is O=C(N[C@H](c1cn2nc(CC3C[C@@H](C(F)(F)F)CNC3=O)ccc2n1)C1CCC(F)(F)CC1)c1nonc1C(F)(F)F. The summed E-state index contributed by atoms with van der Waals surface area (Å²) in [7, 11) is 0. The summed E-state index contributed by atoms with van der Waals surface area (Å²) < 4.78 is 112. The zero-order chi connectivity index (χ0) is 30.4. The first-order chi connectivity index (χ1) is 19.6. The lowest BCUT2D eigenvalue weighted by atomic mass is 9.81. The molecule has 1 saturated heterocycles. The van der Waals surface area contributed by atoms with Gasteiger partial charge in [0, 0.05) is 31.7 Å². The molecule has 0 spiro atoms. The molecular weight excluding hydrogens is 586 g/mol. The zero-order valence-corrected chi connectivity index (χ0v) is 21.5. The molecule has 1 saturated carbocycles. The summed E-state index contributed by atoms with van der Waals surface area (Å²) in [4.78, 5) is 29.5. The van der Waals surface area contributed by atoms with Gasteiger partial charge in [0.05, 0.1) is 29.5 Å². The van der Waals surface area contributed by atoms with Crippen molar-refractivity contribution >= 4 is 17.5 Å². The van der Waals surface area contributed by atoms with E-state index in [2.05, 4.69) is 35.7 Å². The first-order valence-electron chi connectivity index (χ1n) is 12.9. The van der Waals surface area contributed by atoms with Crippen molar-refractivity contribution in [2.75, 3.05) is 6.54 Å². The van der Waals surface area contributed by atoms with E-state index in [1.54, 1.807) is 0 Å². The van der Waals surface area contributed by atoms with Crippen LogP contribution in [0.2, 0.25) is 0 Å². The van der Waals surface area contributed by atoms with Gasteiger partial charge in [0.2, 0.25) is 23.2 Å².